The van der Waals surface area contributed by atoms with E-state index >= 15 is 0 Å². The minimum atomic E-state index is 0.291. The van der Waals surface area contributed by atoms with Crippen molar-refractivity contribution < 1.29 is 4.74 Å². The maximum Gasteiger partial charge on any atom is 0.0510 e. The summed E-state index contributed by atoms with van der Waals surface area (Å²) in [4.78, 5) is 2.34. The van der Waals surface area contributed by atoms with E-state index < -0.39 is 0 Å². The van der Waals surface area contributed by atoms with Gasteiger partial charge in [-0.15, -0.1) is 0 Å². The first kappa shape index (κ1) is 12.0. The van der Waals surface area contributed by atoms with Gasteiger partial charge in [-0.3, -0.25) is 0 Å². The third kappa shape index (κ3) is 3.95. The van der Waals surface area contributed by atoms with E-state index in [1.54, 1.807) is 0 Å². The molecule has 1 aliphatic rings. The number of nitrogens with zero attached hydrogens (tertiary/aromatic N) is 1. The summed E-state index contributed by atoms with van der Waals surface area (Å²) in [7, 11) is 2.16. The summed E-state index contributed by atoms with van der Waals surface area (Å²) in [5.74, 6) is 0.582. The topological polar surface area (TPSA) is 38.5 Å². The molecule has 0 aliphatic carbocycles. The van der Waals surface area contributed by atoms with Crippen molar-refractivity contribution in [1.82, 2.24) is 4.90 Å². The van der Waals surface area contributed by atoms with Gasteiger partial charge in [0.05, 0.1) is 6.61 Å². The Morgan fingerprint density at radius 1 is 1.57 bits per heavy atom. The Hall–Kier alpha value is -0.120. The van der Waals surface area contributed by atoms with Gasteiger partial charge in [-0.2, -0.15) is 0 Å². The van der Waals surface area contributed by atoms with Gasteiger partial charge in [0.25, 0.3) is 0 Å². The van der Waals surface area contributed by atoms with Crippen LogP contribution in [0.25, 0.3) is 0 Å². The SMILES string of the molecule is CCCCN(C)CC(N)C1CCOC1. The van der Waals surface area contributed by atoms with E-state index in [1.165, 1.54) is 12.8 Å². The fraction of sp³-hybridized carbons (Fsp3) is 1.00. The van der Waals surface area contributed by atoms with Crippen LogP contribution in [-0.4, -0.2) is 44.3 Å². The van der Waals surface area contributed by atoms with Crippen LogP contribution in [0.3, 0.4) is 0 Å². The van der Waals surface area contributed by atoms with E-state index in [9.17, 15) is 0 Å². The van der Waals surface area contributed by atoms with Gasteiger partial charge >= 0.3 is 0 Å². The van der Waals surface area contributed by atoms with Crippen molar-refractivity contribution in [3.05, 3.63) is 0 Å². The molecule has 84 valence electrons. The number of nitrogens with two attached hydrogens (primary N) is 1. The van der Waals surface area contributed by atoms with Crippen molar-refractivity contribution in [2.24, 2.45) is 11.7 Å². The Labute approximate surface area is 87.6 Å². The summed E-state index contributed by atoms with van der Waals surface area (Å²) in [6.45, 7) is 6.16. The molecule has 14 heavy (non-hydrogen) atoms. The predicted molar refractivity (Wildman–Crippen MR) is 59.3 cm³/mol. The van der Waals surface area contributed by atoms with Gasteiger partial charge in [0.1, 0.15) is 0 Å². The van der Waals surface area contributed by atoms with E-state index in [-0.39, 0.29) is 0 Å². The second kappa shape index (κ2) is 6.38. The van der Waals surface area contributed by atoms with E-state index in [4.69, 9.17) is 10.5 Å². The maximum absolute atomic E-state index is 6.13. The minimum absolute atomic E-state index is 0.291. The molecule has 1 rings (SSSR count). The van der Waals surface area contributed by atoms with Gasteiger partial charge in [0.15, 0.2) is 0 Å². The highest BCUT2D eigenvalue weighted by atomic mass is 16.5. The van der Waals surface area contributed by atoms with Crippen molar-refractivity contribution in [1.29, 1.82) is 0 Å². The molecular formula is C11H24N2O. The van der Waals surface area contributed by atoms with E-state index in [0.717, 1.165) is 32.7 Å². The minimum Gasteiger partial charge on any atom is -0.381 e. The zero-order chi connectivity index (χ0) is 10.4. The zero-order valence-electron chi connectivity index (χ0n) is 9.54. The normalized spacial score (nSPS) is 24.4. The van der Waals surface area contributed by atoms with Gasteiger partial charge in [0.2, 0.25) is 0 Å². The van der Waals surface area contributed by atoms with Crippen LogP contribution in [0, 0.1) is 5.92 Å². The smallest absolute Gasteiger partial charge is 0.0510 e. The molecule has 0 saturated carbocycles. The van der Waals surface area contributed by atoms with Gasteiger partial charge in [-0.1, -0.05) is 13.3 Å². The summed E-state index contributed by atoms with van der Waals surface area (Å²) < 4.78 is 5.34. The van der Waals surface area contributed by atoms with Crippen LogP contribution in [0.2, 0.25) is 0 Å². The van der Waals surface area contributed by atoms with Crippen LogP contribution in [0.1, 0.15) is 26.2 Å². The fourth-order valence-corrected chi connectivity index (χ4v) is 1.92. The first-order chi connectivity index (χ1) is 6.74. The molecule has 1 saturated heterocycles. The molecule has 1 heterocycles. The lowest BCUT2D eigenvalue weighted by Gasteiger charge is -2.24. The molecular weight excluding hydrogens is 176 g/mol. The first-order valence-electron chi connectivity index (χ1n) is 5.76. The molecule has 0 spiro atoms. The van der Waals surface area contributed by atoms with Crippen LogP contribution in [0.5, 0.6) is 0 Å². The maximum atomic E-state index is 6.13. The highest BCUT2D eigenvalue weighted by Gasteiger charge is 2.23. The second-order valence-corrected chi connectivity index (χ2v) is 4.40. The molecule has 2 atom stereocenters. The average molecular weight is 200 g/mol. The Morgan fingerprint density at radius 2 is 2.36 bits per heavy atom. The Bertz CT molecular complexity index is 146. The molecule has 3 nitrogen and oxygen atoms in total. The van der Waals surface area contributed by atoms with Gasteiger partial charge < -0.3 is 15.4 Å². The highest BCUT2D eigenvalue weighted by Crippen LogP contribution is 2.15. The lowest BCUT2D eigenvalue weighted by Crippen LogP contribution is -2.41. The molecule has 2 N–H and O–H groups in total. The summed E-state index contributed by atoms with van der Waals surface area (Å²) in [5, 5.41) is 0. The molecule has 0 aromatic carbocycles. The molecule has 1 aliphatic heterocycles. The second-order valence-electron chi connectivity index (χ2n) is 4.40. The van der Waals surface area contributed by atoms with Crippen LogP contribution in [0.4, 0.5) is 0 Å². The predicted octanol–water partition coefficient (Wildman–Crippen LogP) is 1.08. The zero-order valence-corrected chi connectivity index (χ0v) is 9.54. The molecule has 0 radical (unpaired) electrons. The summed E-state index contributed by atoms with van der Waals surface area (Å²) in [5.41, 5.74) is 6.13. The Morgan fingerprint density at radius 3 is 2.93 bits per heavy atom. The van der Waals surface area contributed by atoms with Gasteiger partial charge in [-0.05, 0) is 26.4 Å². The fourth-order valence-electron chi connectivity index (χ4n) is 1.92. The number of unbranched alkanes of at least 4 members (excludes halogenated alkanes) is 1. The van der Waals surface area contributed by atoms with Crippen LogP contribution in [-0.2, 0) is 4.74 Å². The van der Waals surface area contributed by atoms with Crippen molar-refractivity contribution in [2.75, 3.05) is 33.4 Å². The van der Waals surface area contributed by atoms with Crippen LogP contribution >= 0.6 is 0 Å². The molecule has 0 aromatic heterocycles. The monoisotopic (exact) mass is 200 g/mol. The quantitative estimate of drug-likeness (QED) is 0.697. The number of ether oxygens (including phenoxy) is 1. The number of hydrogen-bond donors (Lipinski definition) is 1. The molecule has 3 heteroatoms. The summed E-state index contributed by atoms with van der Waals surface area (Å²) >= 11 is 0. The van der Waals surface area contributed by atoms with Gasteiger partial charge in [0, 0.05) is 25.1 Å². The first-order valence-corrected chi connectivity index (χ1v) is 5.76. The van der Waals surface area contributed by atoms with Crippen molar-refractivity contribution in [3.8, 4) is 0 Å². The lowest BCUT2D eigenvalue weighted by molar-refractivity contribution is 0.174. The largest absolute Gasteiger partial charge is 0.381 e. The third-order valence-electron chi connectivity index (χ3n) is 2.99. The molecule has 2 unspecified atom stereocenters. The van der Waals surface area contributed by atoms with E-state index in [0.29, 0.717) is 12.0 Å². The highest BCUT2D eigenvalue weighted by molar-refractivity contribution is 4.78. The average Bonchev–Trinajstić information content (AvgIpc) is 2.67. The van der Waals surface area contributed by atoms with Gasteiger partial charge in [-0.25, -0.2) is 0 Å². The number of hydrogen-bond acceptors (Lipinski definition) is 3. The summed E-state index contributed by atoms with van der Waals surface area (Å²) in [6.07, 6.45) is 3.67. The van der Waals surface area contributed by atoms with Crippen molar-refractivity contribution >= 4 is 0 Å². The van der Waals surface area contributed by atoms with Crippen LogP contribution in [0.15, 0.2) is 0 Å². The molecule has 0 amide bonds. The lowest BCUT2D eigenvalue weighted by atomic mass is 9.99. The third-order valence-corrected chi connectivity index (χ3v) is 2.99. The standard InChI is InChI=1S/C11H24N2O/c1-3-4-6-13(2)8-11(12)10-5-7-14-9-10/h10-11H,3-9,12H2,1-2H3. The molecule has 0 bridgehead atoms. The Balaban J connectivity index is 2.14. The van der Waals surface area contributed by atoms with Crippen molar-refractivity contribution in [3.63, 3.8) is 0 Å². The van der Waals surface area contributed by atoms with Crippen molar-refractivity contribution in [2.45, 2.75) is 32.2 Å². The number of rotatable bonds is 6. The molecule has 0 aromatic rings. The van der Waals surface area contributed by atoms with Crippen LogP contribution < -0.4 is 5.73 Å². The summed E-state index contributed by atoms with van der Waals surface area (Å²) in [6, 6.07) is 0.291. The number of likely N-dealkylation sites (N-methyl/N-ethyl adjacent to an activating group) is 1. The van der Waals surface area contributed by atoms with E-state index in [1.807, 2.05) is 0 Å². The Kier molecular flexibility index (Phi) is 5.45. The van der Waals surface area contributed by atoms with E-state index in [2.05, 4.69) is 18.9 Å². The molecule has 1 fully saturated rings.